The van der Waals surface area contributed by atoms with Crippen LogP contribution < -0.4 is 0 Å². The maximum atomic E-state index is 12.9. The van der Waals surface area contributed by atoms with E-state index in [0.717, 1.165) is 5.56 Å². The van der Waals surface area contributed by atoms with Crippen molar-refractivity contribution >= 4 is 5.91 Å². The Hall–Kier alpha value is -2.20. The zero-order valence-electron chi connectivity index (χ0n) is 15.2. The number of carbonyl (C=O) groups excluding carboxylic acids is 1. The van der Waals surface area contributed by atoms with Crippen molar-refractivity contribution in [3.63, 3.8) is 0 Å². The van der Waals surface area contributed by atoms with Crippen LogP contribution in [0.2, 0.25) is 0 Å². The third-order valence-electron chi connectivity index (χ3n) is 5.04. The van der Waals surface area contributed by atoms with Crippen molar-refractivity contribution in [2.75, 3.05) is 13.2 Å². The van der Waals surface area contributed by atoms with Crippen LogP contribution in [0.15, 0.2) is 48.8 Å². The summed E-state index contributed by atoms with van der Waals surface area (Å²) < 4.78 is 6.02. The number of carbonyl (C=O) groups is 1. The summed E-state index contributed by atoms with van der Waals surface area (Å²) >= 11 is 0. The molecule has 1 aromatic carbocycles. The molecule has 2 heterocycles. The Morgan fingerprint density at radius 2 is 2.00 bits per heavy atom. The van der Waals surface area contributed by atoms with Crippen molar-refractivity contribution in [1.82, 2.24) is 9.88 Å². The van der Waals surface area contributed by atoms with Gasteiger partial charge in [0.15, 0.2) is 0 Å². The van der Waals surface area contributed by atoms with Crippen LogP contribution in [0.4, 0.5) is 0 Å². The third kappa shape index (κ3) is 4.07. The van der Waals surface area contributed by atoms with Crippen molar-refractivity contribution in [2.24, 2.45) is 0 Å². The molecule has 0 bridgehead atoms. The van der Waals surface area contributed by atoms with Gasteiger partial charge in [0.2, 0.25) is 5.91 Å². The van der Waals surface area contributed by atoms with Crippen LogP contribution in [0.5, 0.6) is 0 Å². The molecule has 0 aliphatic carbocycles. The number of aromatic nitrogens is 1. The Morgan fingerprint density at radius 3 is 2.72 bits per heavy atom. The number of hydrogen-bond acceptors (Lipinski definition) is 3. The van der Waals surface area contributed by atoms with Crippen molar-refractivity contribution in [3.8, 4) is 0 Å². The maximum Gasteiger partial charge on any atom is 0.223 e. The number of hydrogen-bond donors (Lipinski definition) is 0. The van der Waals surface area contributed by atoms with Gasteiger partial charge in [-0.2, -0.15) is 0 Å². The molecule has 3 atom stereocenters. The van der Waals surface area contributed by atoms with Gasteiger partial charge in [-0.25, -0.2) is 0 Å². The standard InChI is InChI=1S/C21H26N2O2/c1-15-6-4-5-7-19(15)20-13-23(17(3)14-25-20)21(24)12-16(2)18-8-10-22-11-9-18/h4-11,16-17,20H,12-14H2,1-3H3. The highest BCUT2D eigenvalue weighted by Crippen LogP contribution is 2.29. The van der Waals surface area contributed by atoms with Crippen LogP contribution in [0, 0.1) is 6.92 Å². The fourth-order valence-corrected chi connectivity index (χ4v) is 3.43. The minimum absolute atomic E-state index is 0.0439. The zero-order chi connectivity index (χ0) is 17.8. The number of rotatable bonds is 4. The molecule has 1 amide bonds. The Kier molecular flexibility index (Phi) is 5.49. The molecule has 1 aromatic heterocycles. The van der Waals surface area contributed by atoms with E-state index in [-0.39, 0.29) is 24.0 Å². The predicted octanol–water partition coefficient (Wildman–Crippen LogP) is 3.87. The van der Waals surface area contributed by atoms with Crippen LogP contribution in [0.1, 0.15) is 49.0 Å². The molecule has 4 heteroatoms. The predicted molar refractivity (Wildman–Crippen MR) is 98.3 cm³/mol. The second-order valence-corrected chi connectivity index (χ2v) is 6.96. The van der Waals surface area contributed by atoms with Crippen molar-refractivity contribution in [3.05, 3.63) is 65.5 Å². The molecule has 1 saturated heterocycles. The van der Waals surface area contributed by atoms with Crippen molar-refractivity contribution in [1.29, 1.82) is 0 Å². The van der Waals surface area contributed by atoms with E-state index in [9.17, 15) is 4.79 Å². The summed E-state index contributed by atoms with van der Waals surface area (Å²) in [6.45, 7) is 7.44. The number of amides is 1. The topological polar surface area (TPSA) is 42.4 Å². The van der Waals surface area contributed by atoms with Crippen LogP contribution in [-0.2, 0) is 9.53 Å². The minimum atomic E-state index is -0.0439. The van der Waals surface area contributed by atoms with Crippen LogP contribution in [0.25, 0.3) is 0 Å². The molecule has 1 fully saturated rings. The van der Waals surface area contributed by atoms with E-state index < -0.39 is 0 Å². The zero-order valence-corrected chi connectivity index (χ0v) is 15.2. The van der Waals surface area contributed by atoms with Crippen LogP contribution in [0.3, 0.4) is 0 Å². The molecule has 0 N–H and O–H groups in total. The molecule has 1 aliphatic heterocycles. The maximum absolute atomic E-state index is 12.9. The van der Waals surface area contributed by atoms with Crippen LogP contribution >= 0.6 is 0 Å². The van der Waals surface area contributed by atoms with E-state index in [1.807, 2.05) is 29.2 Å². The lowest BCUT2D eigenvalue weighted by Gasteiger charge is -2.39. The average molecular weight is 338 g/mol. The number of aryl methyl sites for hydroxylation is 1. The highest BCUT2D eigenvalue weighted by atomic mass is 16.5. The van der Waals surface area contributed by atoms with E-state index in [1.54, 1.807) is 12.4 Å². The molecular weight excluding hydrogens is 312 g/mol. The van der Waals surface area contributed by atoms with Gasteiger partial charge in [-0.15, -0.1) is 0 Å². The molecule has 25 heavy (non-hydrogen) atoms. The first-order valence-corrected chi connectivity index (χ1v) is 8.92. The quantitative estimate of drug-likeness (QED) is 0.850. The molecule has 3 unspecified atom stereocenters. The normalized spacial score (nSPS) is 21.8. The Bertz CT molecular complexity index is 717. The Balaban J connectivity index is 1.69. The number of nitrogens with zero attached hydrogens (tertiary/aromatic N) is 2. The number of morpholine rings is 1. The summed E-state index contributed by atoms with van der Waals surface area (Å²) in [5.74, 6) is 0.376. The first kappa shape index (κ1) is 17.6. The molecule has 132 valence electrons. The lowest BCUT2D eigenvalue weighted by Crippen LogP contribution is -2.48. The Labute approximate surface area is 149 Å². The largest absolute Gasteiger partial charge is 0.370 e. The average Bonchev–Trinajstić information content (AvgIpc) is 2.63. The lowest BCUT2D eigenvalue weighted by atomic mass is 9.96. The fraction of sp³-hybridized carbons (Fsp3) is 0.429. The van der Waals surface area contributed by atoms with Crippen molar-refractivity contribution < 1.29 is 9.53 Å². The van der Waals surface area contributed by atoms with Gasteiger partial charge in [0.1, 0.15) is 6.10 Å². The van der Waals surface area contributed by atoms with Gasteiger partial charge in [0.05, 0.1) is 19.2 Å². The second kappa shape index (κ2) is 7.79. The summed E-state index contributed by atoms with van der Waals surface area (Å²) in [6, 6.07) is 12.3. The third-order valence-corrected chi connectivity index (χ3v) is 5.04. The van der Waals surface area contributed by atoms with E-state index in [2.05, 4.69) is 37.9 Å². The number of ether oxygens (including phenoxy) is 1. The van der Waals surface area contributed by atoms with E-state index in [1.165, 1.54) is 11.1 Å². The summed E-state index contributed by atoms with van der Waals surface area (Å²) in [4.78, 5) is 18.9. The molecule has 0 radical (unpaired) electrons. The first-order chi connectivity index (χ1) is 12.1. The Morgan fingerprint density at radius 1 is 1.28 bits per heavy atom. The highest BCUT2D eigenvalue weighted by Gasteiger charge is 2.31. The molecule has 2 aromatic rings. The summed E-state index contributed by atoms with van der Waals surface area (Å²) in [6.07, 6.45) is 4.02. The molecule has 1 aliphatic rings. The van der Waals surface area contributed by atoms with Gasteiger partial charge >= 0.3 is 0 Å². The minimum Gasteiger partial charge on any atom is -0.370 e. The smallest absolute Gasteiger partial charge is 0.223 e. The van der Waals surface area contributed by atoms with Crippen molar-refractivity contribution in [2.45, 2.75) is 45.3 Å². The molecule has 4 nitrogen and oxygen atoms in total. The second-order valence-electron chi connectivity index (χ2n) is 6.96. The molecular formula is C21H26N2O2. The first-order valence-electron chi connectivity index (χ1n) is 8.92. The van der Waals surface area contributed by atoms with E-state index in [0.29, 0.717) is 19.6 Å². The van der Waals surface area contributed by atoms with Gasteiger partial charge in [0, 0.05) is 18.8 Å². The fourth-order valence-electron chi connectivity index (χ4n) is 3.43. The summed E-state index contributed by atoms with van der Waals surface area (Å²) in [5.41, 5.74) is 3.54. The monoisotopic (exact) mass is 338 g/mol. The summed E-state index contributed by atoms with van der Waals surface area (Å²) in [7, 11) is 0. The van der Waals surface area contributed by atoms with Gasteiger partial charge in [0.25, 0.3) is 0 Å². The molecule has 3 rings (SSSR count). The van der Waals surface area contributed by atoms with E-state index in [4.69, 9.17) is 4.74 Å². The van der Waals surface area contributed by atoms with Gasteiger partial charge in [-0.1, -0.05) is 31.2 Å². The summed E-state index contributed by atoms with van der Waals surface area (Å²) in [5, 5.41) is 0. The number of pyridine rings is 1. The highest BCUT2D eigenvalue weighted by molar-refractivity contribution is 5.77. The molecule has 0 spiro atoms. The van der Waals surface area contributed by atoms with Gasteiger partial charge in [-0.3, -0.25) is 9.78 Å². The van der Waals surface area contributed by atoms with Crippen LogP contribution in [-0.4, -0.2) is 35.0 Å². The number of benzene rings is 1. The van der Waals surface area contributed by atoms with Gasteiger partial charge in [-0.05, 0) is 48.6 Å². The SMILES string of the molecule is Cc1ccccc1C1CN(C(=O)CC(C)c2ccncc2)C(C)CO1. The molecule has 0 saturated carbocycles. The lowest BCUT2D eigenvalue weighted by molar-refractivity contribution is -0.144. The van der Waals surface area contributed by atoms with Gasteiger partial charge < -0.3 is 9.64 Å². The van der Waals surface area contributed by atoms with E-state index >= 15 is 0 Å².